The highest BCUT2D eigenvalue weighted by atomic mass is 16.5. The number of benzene rings is 2. The monoisotopic (exact) mass is 244 g/mol. The second-order valence-corrected chi connectivity index (χ2v) is 4.90. The minimum absolute atomic E-state index is 0.378. The van der Waals surface area contributed by atoms with E-state index in [2.05, 4.69) is 26.0 Å². The summed E-state index contributed by atoms with van der Waals surface area (Å²) in [6, 6.07) is 8.12. The first-order valence-electron chi connectivity index (χ1n) is 6.41. The van der Waals surface area contributed by atoms with E-state index in [0.717, 1.165) is 28.5 Å². The van der Waals surface area contributed by atoms with Crippen LogP contribution in [0.1, 0.15) is 37.8 Å². The van der Waals surface area contributed by atoms with Crippen LogP contribution in [0.25, 0.3) is 10.8 Å². The smallest absolute Gasteiger partial charge is 0.126 e. The van der Waals surface area contributed by atoms with Crippen molar-refractivity contribution in [2.24, 2.45) is 0 Å². The van der Waals surface area contributed by atoms with Gasteiger partial charge in [0.15, 0.2) is 0 Å². The van der Waals surface area contributed by atoms with Gasteiger partial charge in [0.25, 0.3) is 0 Å². The summed E-state index contributed by atoms with van der Waals surface area (Å²) < 4.78 is 5.43. The van der Waals surface area contributed by atoms with Crippen LogP contribution >= 0.6 is 0 Å². The van der Waals surface area contributed by atoms with Gasteiger partial charge in [-0.15, -0.1) is 0 Å². The molecule has 0 amide bonds. The zero-order valence-electron chi connectivity index (χ0n) is 11.4. The fourth-order valence-corrected chi connectivity index (χ4v) is 2.31. The summed E-state index contributed by atoms with van der Waals surface area (Å²) >= 11 is 0. The van der Waals surface area contributed by atoms with Crippen LogP contribution in [-0.4, -0.2) is 12.2 Å². The molecule has 0 aromatic heterocycles. The summed E-state index contributed by atoms with van der Waals surface area (Å²) in [4.78, 5) is 0. The maximum atomic E-state index is 10.2. The van der Waals surface area contributed by atoms with Gasteiger partial charge in [0.05, 0.1) is 7.11 Å². The fraction of sp³-hybridized carbons (Fsp3) is 0.375. The normalized spacial score (nSPS) is 11.2. The van der Waals surface area contributed by atoms with Gasteiger partial charge >= 0.3 is 0 Å². The molecule has 96 valence electrons. The second kappa shape index (κ2) is 4.89. The number of hydrogen-bond acceptors (Lipinski definition) is 2. The Bertz CT molecular complexity index is 571. The van der Waals surface area contributed by atoms with Gasteiger partial charge in [-0.25, -0.2) is 0 Å². The second-order valence-electron chi connectivity index (χ2n) is 4.90. The topological polar surface area (TPSA) is 29.5 Å². The van der Waals surface area contributed by atoms with E-state index in [-0.39, 0.29) is 0 Å². The molecular weight excluding hydrogens is 224 g/mol. The maximum absolute atomic E-state index is 10.2. The number of fused-ring (bicyclic) bond motifs is 1. The number of phenolic OH excluding ortho intramolecular Hbond substituents is 1. The minimum atomic E-state index is 0.378. The molecule has 0 heterocycles. The minimum Gasteiger partial charge on any atom is -0.507 e. The molecule has 0 spiro atoms. The van der Waals surface area contributed by atoms with Crippen molar-refractivity contribution >= 4 is 10.8 Å². The lowest BCUT2D eigenvalue weighted by molar-refractivity contribution is 0.408. The zero-order valence-corrected chi connectivity index (χ0v) is 11.4. The van der Waals surface area contributed by atoms with Crippen molar-refractivity contribution in [1.29, 1.82) is 0 Å². The standard InChI is InChI=1S/C16H20O2/c1-5-11-6-7-12-8-13(10(2)3)15(18-4)9-14(12)16(11)17/h6-10,17H,5H2,1-4H3. The number of aryl methyl sites for hydroxylation is 1. The average Bonchev–Trinajstić information content (AvgIpc) is 2.38. The molecule has 0 aliphatic rings. The van der Waals surface area contributed by atoms with Crippen molar-refractivity contribution in [3.63, 3.8) is 0 Å². The molecule has 2 aromatic carbocycles. The van der Waals surface area contributed by atoms with Crippen molar-refractivity contribution < 1.29 is 9.84 Å². The highest BCUT2D eigenvalue weighted by Crippen LogP contribution is 2.36. The van der Waals surface area contributed by atoms with Crippen LogP contribution in [0, 0.1) is 0 Å². The number of aromatic hydroxyl groups is 1. The fourth-order valence-electron chi connectivity index (χ4n) is 2.31. The van der Waals surface area contributed by atoms with Gasteiger partial charge in [-0.2, -0.15) is 0 Å². The molecule has 0 unspecified atom stereocenters. The highest BCUT2D eigenvalue weighted by Gasteiger charge is 2.12. The van der Waals surface area contributed by atoms with Crippen LogP contribution in [0.3, 0.4) is 0 Å². The molecule has 0 aliphatic carbocycles. The van der Waals surface area contributed by atoms with E-state index in [1.165, 1.54) is 5.56 Å². The number of hydrogen-bond donors (Lipinski definition) is 1. The van der Waals surface area contributed by atoms with Crippen molar-refractivity contribution in [3.8, 4) is 11.5 Å². The van der Waals surface area contributed by atoms with Crippen molar-refractivity contribution in [1.82, 2.24) is 0 Å². The Morgan fingerprint density at radius 2 is 1.94 bits per heavy atom. The van der Waals surface area contributed by atoms with Crippen molar-refractivity contribution in [2.75, 3.05) is 7.11 Å². The summed E-state index contributed by atoms with van der Waals surface area (Å²) in [5.74, 6) is 1.63. The molecule has 2 heteroatoms. The van der Waals surface area contributed by atoms with Crippen LogP contribution in [0.2, 0.25) is 0 Å². The van der Waals surface area contributed by atoms with E-state index in [1.807, 2.05) is 19.1 Å². The molecule has 0 fully saturated rings. The third-order valence-corrected chi connectivity index (χ3v) is 3.43. The van der Waals surface area contributed by atoms with E-state index < -0.39 is 0 Å². The number of methoxy groups -OCH3 is 1. The van der Waals surface area contributed by atoms with Gasteiger partial charge in [0.1, 0.15) is 11.5 Å². The largest absolute Gasteiger partial charge is 0.507 e. The van der Waals surface area contributed by atoms with Crippen molar-refractivity contribution in [3.05, 3.63) is 35.4 Å². The molecule has 2 nitrogen and oxygen atoms in total. The molecule has 0 saturated carbocycles. The summed E-state index contributed by atoms with van der Waals surface area (Å²) in [7, 11) is 1.67. The summed E-state index contributed by atoms with van der Waals surface area (Å²) in [5.41, 5.74) is 2.15. The Balaban J connectivity index is 2.75. The van der Waals surface area contributed by atoms with E-state index in [1.54, 1.807) is 7.11 Å². The van der Waals surface area contributed by atoms with Gasteiger partial charge in [-0.3, -0.25) is 0 Å². The number of phenols is 1. The Morgan fingerprint density at radius 1 is 1.22 bits per heavy atom. The molecule has 18 heavy (non-hydrogen) atoms. The zero-order chi connectivity index (χ0) is 13.3. The van der Waals surface area contributed by atoms with Gasteiger partial charge in [-0.1, -0.05) is 32.9 Å². The Hall–Kier alpha value is -1.70. The molecule has 2 rings (SSSR count). The molecule has 0 aliphatic heterocycles. The number of rotatable bonds is 3. The van der Waals surface area contributed by atoms with Gasteiger partial charge < -0.3 is 9.84 Å². The summed E-state index contributed by atoms with van der Waals surface area (Å²) in [6.07, 6.45) is 0.829. The maximum Gasteiger partial charge on any atom is 0.126 e. The van der Waals surface area contributed by atoms with Gasteiger partial charge in [0, 0.05) is 5.39 Å². The first-order valence-corrected chi connectivity index (χ1v) is 6.41. The predicted octanol–water partition coefficient (Wildman–Crippen LogP) is 4.24. The average molecular weight is 244 g/mol. The van der Waals surface area contributed by atoms with Crippen LogP contribution in [0.4, 0.5) is 0 Å². The first-order chi connectivity index (χ1) is 8.58. The molecule has 0 radical (unpaired) electrons. The lowest BCUT2D eigenvalue weighted by Gasteiger charge is -2.15. The van der Waals surface area contributed by atoms with E-state index in [0.29, 0.717) is 11.7 Å². The molecule has 0 atom stereocenters. The van der Waals surface area contributed by atoms with E-state index in [4.69, 9.17) is 4.74 Å². The molecular formula is C16H20O2. The quantitative estimate of drug-likeness (QED) is 0.875. The third kappa shape index (κ3) is 2.03. The Morgan fingerprint density at radius 3 is 2.50 bits per heavy atom. The third-order valence-electron chi connectivity index (χ3n) is 3.43. The van der Waals surface area contributed by atoms with Crippen molar-refractivity contribution in [2.45, 2.75) is 33.1 Å². The van der Waals surface area contributed by atoms with Gasteiger partial charge in [-0.05, 0) is 41.0 Å². The SMILES string of the molecule is CCc1ccc2cc(C(C)C)c(OC)cc2c1O. The summed E-state index contributed by atoms with van der Waals surface area (Å²) in [6.45, 7) is 6.33. The predicted molar refractivity (Wildman–Crippen MR) is 75.6 cm³/mol. The molecule has 2 aromatic rings. The first kappa shape index (κ1) is 12.7. The Kier molecular flexibility index (Phi) is 3.46. The highest BCUT2D eigenvalue weighted by molar-refractivity contribution is 5.91. The Labute approximate surface area is 108 Å². The molecule has 0 saturated heterocycles. The molecule has 0 bridgehead atoms. The summed E-state index contributed by atoms with van der Waals surface area (Å²) in [5, 5.41) is 12.2. The number of ether oxygens (including phenoxy) is 1. The molecule has 1 N–H and O–H groups in total. The van der Waals surface area contributed by atoms with Crippen LogP contribution < -0.4 is 4.74 Å². The van der Waals surface area contributed by atoms with Crippen LogP contribution in [-0.2, 0) is 6.42 Å². The van der Waals surface area contributed by atoms with E-state index >= 15 is 0 Å². The van der Waals surface area contributed by atoms with Crippen LogP contribution in [0.5, 0.6) is 11.5 Å². The van der Waals surface area contributed by atoms with Gasteiger partial charge in [0.2, 0.25) is 0 Å². The van der Waals surface area contributed by atoms with E-state index in [9.17, 15) is 5.11 Å². The lowest BCUT2D eigenvalue weighted by atomic mass is 9.96. The van der Waals surface area contributed by atoms with Crippen LogP contribution in [0.15, 0.2) is 24.3 Å². The lowest BCUT2D eigenvalue weighted by Crippen LogP contribution is -1.95.